The van der Waals surface area contributed by atoms with Crippen LogP contribution in [0.25, 0.3) is 0 Å². The lowest BCUT2D eigenvalue weighted by Gasteiger charge is -2.40. The Morgan fingerprint density at radius 1 is 0.420 bits per heavy atom. The second kappa shape index (κ2) is 61.2. The van der Waals surface area contributed by atoms with Crippen LogP contribution in [0.1, 0.15) is 348 Å². The minimum absolute atomic E-state index is 0.182. The smallest absolute Gasteiger partial charge is 0.220 e. The molecule has 0 aromatic rings. The second-order valence-electron chi connectivity index (χ2n) is 24.7. The standard InChI is InChI=1S/C72H135NO8/c1-3-5-7-9-11-13-15-17-19-21-23-25-26-27-28-29-30-31-32-33-34-35-36-37-38-39-40-42-44-46-48-50-52-54-56-58-60-62-68(76)73-65(64-80-72-71(79)70(78)69(77)67(63-74)81-72)66(75)61-59-57-55-53-51-49-47-45-43-41-24-22-20-18-16-14-12-10-8-6-4-2/h28-29,31-32,51,53,59,61,65-67,69-72,74-75,77-79H,3-27,30,33-50,52,54-58,60,62-64H2,1-2H3,(H,73,76)/b29-28-,32-31-,53-51+,61-59+. The van der Waals surface area contributed by atoms with Crippen molar-refractivity contribution in [1.29, 1.82) is 0 Å². The topological polar surface area (TPSA) is 149 Å². The van der Waals surface area contributed by atoms with Crippen LogP contribution in [0.4, 0.5) is 0 Å². The first-order valence-corrected chi connectivity index (χ1v) is 35.4. The van der Waals surface area contributed by atoms with Gasteiger partial charge < -0.3 is 40.3 Å². The summed E-state index contributed by atoms with van der Waals surface area (Å²) in [5.41, 5.74) is 0. The van der Waals surface area contributed by atoms with E-state index in [2.05, 4.69) is 55.6 Å². The Kier molecular flexibility index (Phi) is 58.3. The van der Waals surface area contributed by atoms with Crippen molar-refractivity contribution in [2.75, 3.05) is 13.2 Å². The first kappa shape index (κ1) is 77.2. The number of allylic oxidation sites excluding steroid dienone is 7. The van der Waals surface area contributed by atoms with Gasteiger partial charge in [-0.1, -0.05) is 326 Å². The lowest BCUT2D eigenvalue weighted by molar-refractivity contribution is -0.302. The average molecular weight is 1140 g/mol. The zero-order valence-electron chi connectivity index (χ0n) is 53.3. The van der Waals surface area contributed by atoms with Crippen LogP contribution in [0.2, 0.25) is 0 Å². The van der Waals surface area contributed by atoms with Crippen LogP contribution in [0.15, 0.2) is 48.6 Å². The molecule has 0 saturated carbocycles. The van der Waals surface area contributed by atoms with E-state index in [1.165, 1.54) is 283 Å². The third-order valence-electron chi connectivity index (χ3n) is 16.9. The number of aliphatic hydroxyl groups excluding tert-OH is 5. The van der Waals surface area contributed by atoms with Crippen LogP contribution >= 0.6 is 0 Å². The van der Waals surface area contributed by atoms with Crippen molar-refractivity contribution in [3.63, 3.8) is 0 Å². The minimum atomic E-state index is -1.57. The number of amides is 1. The van der Waals surface area contributed by atoms with Gasteiger partial charge in [0.25, 0.3) is 0 Å². The van der Waals surface area contributed by atoms with Gasteiger partial charge >= 0.3 is 0 Å². The number of ether oxygens (including phenoxy) is 2. The van der Waals surface area contributed by atoms with Gasteiger partial charge in [0.15, 0.2) is 6.29 Å². The summed E-state index contributed by atoms with van der Waals surface area (Å²) in [6.07, 6.45) is 76.6. The molecule has 9 heteroatoms. The van der Waals surface area contributed by atoms with Crippen molar-refractivity contribution < 1.29 is 39.8 Å². The van der Waals surface area contributed by atoms with Crippen molar-refractivity contribution in [2.45, 2.75) is 391 Å². The van der Waals surface area contributed by atoms with Crippen LogP contribution in [0.5, 0.6) is 0 Å². The van der Waals surface area contributed by atoms with Gasteiger partial charge in [-0.15, -0.1) is 0 Å². The van der Waals surface area contributed by atoms with Gasteiger partial charge in [-0.3, -0.25) is 4.79 Å². The normalized spacial score (nSPS) is 18.6. The fourth-order valence-corrected chi connectivity index (χ4v) is 11.3. The van der Waals surface area contributed by atoms with E-state index in [0.29, 0.717) is 6.42 Å². The third kappa shape index (κ3) is 50.1. The molecule has 1 amide bonds. The zero-order valence-corrected chi connectivity index (χ0v) is 53.3. The second-order valence-corrected chi connectivity index (χ2v) is 24.7. The number of carbonyl (C=O) groups excluding carboxylic acids is 1. The summed E-state index contributed by atoms with van der Waals surface area (Å²) >= 11 is 0. The Morgan fingerprint density at radius 3 is 1.11 bits per heavy atom. The summed E-state index contributed by atoms with van der Waals surface area (Å²) in [7, 11) is 0. The quantitative estimate of drug-likeness (QED) is 0.0261. The number of carbonyl (C=O) groups is 1. The Hall–Kier alpha value is -1.85. The molecular formula is C72H135NO8. The largest absolute Gasteiger partial charge is 0.394 e. The van der Waals surface area contributed by atoms with Gasteiger partial charge in [-0.2, -0.15) is 0 Å². The zero-order chi connectivity index (χ0) is 58.6. The van der Waals surface area contributed by atoms with E-state index in [1.807, 2.05) is 6.08 Å². The van der Waals surface area contributed by atoms with Crippen molar-refractivity contribution in [3.8, 4) is 0 Å². The lowest BCUT2D eigenvalue weighted by Crippen LogP contribution is -2.60. The fourth-order valence-electron chi connectivity index (χ4n) is 11.3. The van der Waals surface area contributed by atoms with Gasteiger partial charge in [0, 0.05) is 6.42 Å². The molecule has 9 nitrogen and oxygen atoms in total. The van der Waals surface area contributed by atoms with Crippen molar-refractivity contribution in [1.82, 2.24) is 5.32 Å². The molecule has 6 N–H and O–H groups in total. The van der Waals surface area contributed by atoms with Gasteiger partial charge in [0.05, 0.1) is 25.4 Å². The van der Waals surface area contributed by atoms with Crippen LogP contribution in [-0.4, -0.2) is 87.5 Å². The minimum Gasteiger partial charge on any atom is -0.394 e. The molecule has 0 spiro atoms. The molecule has 0 bridgehead atoms. The van der Waals surface area contributed by atoms with Gasteiger partial charge in [0.2, 0.25) is 5.91 Å². The SMILES string of the molecule is CCCCCCCCCCCCCCC/C=C\C/C=C\CCCCCCCCCCCCCCCCCCCC(=O)NC(COC1OC(CO)C(O)C(O)C1O)C(O)/C=C/CC/C=C/CCCCCCCCCCCCCCCCC. The summed E-state index contributed by atoms with van der Waals surface area (Å²) in [6.45, 7) is 3.81. The van der Waals surface area contributed by atoms with Crippen LogP contribution in [-0.2, 0) is 14.3 Å². The van der Waals surface area contributed by atoms with Gasteiger partial charge in [-0.25, -0.2) is 0 Å². The highest BCUT2D eigenvalue weighted by atomic mass is 16.7. The molecule has 0 aromatic carbocycles. The van der Waals surface area contributed by atoms with Crippen LogP contribution < -0.4 is 5.32 Å². The molecule has 476 valence electrons. The maximum atomic E-state index is 13.1. The Morgan fingerprint density at radius 2 is 0.741 bits per heavy atom. The van der Waals surface area contributed by atoms with Crippen molar-refractivity contribution >= 4 is 5.91 Å². The highest BCUT2D eigenvalue weighted by molar-refractivity contribution is 5.76. The highest BCUT2D eigenvalue weighted by Gasteiger charge is 2.44. The number of aliphatic hydroxyl groups is 5. The molecule has 1 aliphatic rings. The monoisotopic (exact) mass is 1140 g/mol. The maximum Gasteiger partial charge on any atom is 0.220 e. The molecular weight excluding hydrogens is 1010 g/mol. The summed E-state index contributed by atoms with van der Waals surface area (Å²) in [5, 5.41) is 54.7. The first-order chi connectivity index (χ1) is 39.8. The number of unbranched alkanes of at least 4 members (excludes halogenated alkanes) is 46. The predicted molar refractivity (Wildman–Crippen MR) is 346 cm³/mol. The Balaban J connectivity index is 2.10. The van der Waals surface area contributed by atoms with E-state index in [-0.39, 0.29) is 12.5 Å². The molecule has 81 heavy (non-hydrogen) atoms. The fraction of sp³-hybridized carbons (Fsp3) is 0.875. The molecule has 1 saturated heterocycles. The molecule has 7 unspecified atom stereocenters. The molecule has 0 aliphatic carbocycles. The molecule has 7 atom stereocenters. The predicted octanol–water partition coefficient (Wildman–Crippen LogP) is 19.2. The van der Waals surface area contributed by atoms with Crippen molar-refractivity contribution in [3.05, 3.63) is 48.6 Å². The average Bonchev–Trinajstić information content (AvgIpc) is 3.49. The Bertz CT molecular complexity index is 1420. The van der Waals surface area contributed by atoms with E-state index >= 15 is 0 Å². The summed E-state index contributed by atoms with van der Waals surface area (Å²) < 4.78 is 11.3. The molecule has 0 radical (unpaired) electrons. The summed E-state index contributed by atoms with van der Waals surface area (Å²) in [6, 6.07) is -0.823. The molecule has 1 heterocycles. The van der Waals surface area contributed by atoms with E-state index < -0.39 is 49.5 Å². The van der Waals surface area contributed by atoms with E-state index in [1.54, 1.807) is 6.08 Å². The number of hydrogen-bond acceptors (Lipinski definition) is 8. The molecule has 0 aromatic heterocycles. The van der Waals surface area contributed by atoms with E-state index in [9.17, 15) is 30.3 Å². The number of nitrogens with one attached hydrogen (secondary N) is 1. The maximum absolute atomic E-state index is 13.1. The van der Waals surface area contributed by atoms with E-state index in [4.69, 9.17) is 9.47 Å². The molecule has 1 aliphatic heterocycles. The van der Waals surface area contributed by atoms with Crippen molar-refractivity contribution in [2.24, 2.45) is 0 Å². The molecule has 1 rings (SSSR count). The molecule has 1 fully saturated rings. The van der Waals surface area contributed by atoms with E-state index in [0.717, 1.165) is 44.9 Å². The Labute approximate surface area is 501 Å². The van der Waals surface area contributed by atoms with Gasteiger partial charge in [0.1, 0.15) is 24.4 Å². The van der Waals surface area contributed by atoms with Gasteiger partial charge in [-0.05, 0) is 64.2 Å². The number of rotatable bonds is 62. The lowest BCUT2D eigenvalue weighted by atomic mass is 9.99. The first-order valence-electron chi connectivity index (χ1n) is 35.4. The third-order valence-corrected chi connectivity index (χ3v) is 16.9. The summed E-state index contributed by atoms with van der Waals surface area (Å²) in [5.74, 6) is -0.182. The number of hydrogen-bond donors (Lipinski definition) is 6. The van der Waals surface area contributed by atoms with Crippen LogP contribution in [0, 0.1) is 0 Å². The van der Waals surface area contributed by atoms with Crippen LogP contribution in [0.3, 0.4) is 0 Å². The summed E-state index contributed by atoms with van der Waals surface area (Å²) in [4.78, 5) is 13.1. The highest BCUT2D eigenvalue weighted by Crippen LogP contribution is 2.23.